The van der Waals surface area contributed by atoms with E-state index < -0.39 is 11.3 Å². The number of aliphatic hydroxyl groups is 1. The highest BCUT2D eigenvalue weighted by Crippen LogP contribution is 2.33. The highest BCUT2D eigenvalue weighted by Gasteiger charge is 2.34. The lowest BCUT2D eigenvalue weighted by Crippen LogP contribution is -2.43. The van der Waals surface area contributed by atoms with Crippen LogP contribution in [0.25, 0.3) is 11.3 Å². The van der Waals surface area contributed by atoms with Crippen LogP contribution in [0.5, 0.6) is 5.88 Å². The van der Waals surface area contributed by atoms with Gasteiger partial charge in [0.1, 0.15) is 17.4 Å². The van der Waals surface area contributed by atoms with E-state index in [9.17, 15) is 9.50 Å². The van der Waals surface area contributed by atoms with Crippen LogP contribution in [0.1, 0.15) is 45.4 Å². The number of nitrogens with zero attached hydrogens (tertiary/aromatic N) is 4. The van der Waals surface area contributed by atoms with Crippen molar-refractivity contribution >= 4 is 17.3 Å². The van der Waals surface area contributed by atoms with Crippen LogP contribution in [-0.4, -0.2) is 69.0 Å². The third-order valence-corrected chi connectivity index (χ3v) is 6.77. The van der Waals surface area contributed by atoms with Crippen molar-refractivity contribution in [3.05, 3.63) is 29.8 Å². The van der Waals surface area contributed by atoms with Gasteiger partial charge in [-0.05, 0) is 58.6 Å². The van der Waals surface area contributed by atoms with E-state index in [0.717, 1.165) is 50.0 Å². The molecular formula is C23H31ClFN5O2. The number of piperidine rings is 1. The average Bonchev–Trinajstić information content (AvgIpc) is 2.77. The Labute approximate surface area is 193 Å². The number of rotatable bonds is 6. The van der Waals surface area contributed by atoms with Crippen molar-refractivity contribution in [2.45, 2.75) is 62.8 Å². The van der Waals surface area contributed by atoms with Gasteiger partial charge in [0.15, 0.2) is 0 Å². The molecule has 1 aliphatic carbocycles. The number of likely N-dealkylation sites (tertiary alicyclic amines) is 1. The molecule has 7 nitrogen and oxygen atoms in total. The van der Waals surface area contributed by atoms with E-state index in [-0.39, 0.29) is 12.6 Å². The van der Waals surface area contributed by atoms with Gasteiger partial charge >= 0.3 is 0 Å². The molecule has 2 N–H and O–H groups in total. The predicted molar refractivity (Wildman–Crippen MR) is 123 cm³/mol. The van der Waals surface area contributed by atoms with Gasteiger partial charge in [-0.1, -0.05) is 11.6 Å². The number of aromatic nitrogens is 3. The summed E-state index contributed by atoms with van der Waals surface area (Å²) in [5, 5.41) is 14.1. The first-order chi connectivity index (χ1) is 15.2. The number of alkyl halides is 1. The summed E-state index contributed by atoms with van der Waals surface area (Å²) < 4.78 is 20.5. The molecular weight excluding hydrogens is 433 g/mol. The molecule has 2 aromatic rings. The number of anilines is 1. The lowest BCUT2D eigenvalue weighted by Gasteiger charge is -2.34. The van der Waals surface area contributed by atoms with E-state index in [1.807, 2.05) is 14.0 Å². The van der Waals surface area contributed by atoms with Crippen LogP contribution in [0, 0.1) is 0 Å². The van der Waals surface area contributed by atoms with Crippen molar-refractivity contribution in [1.29, 1.82) is 0 Å². The number of pyridine rings is 1. The van der Waals surface area contributed by atoms with Crippen molar-refractivity contribution in [2.75, 3.05) is 32.1 Å². The second-order valence-electron chi connectivity index (χ2n) is 9.45. The fraction of sp³-hybridized carbons (Fsp3) is 0.609. The van der Waals surface area contributed by atoms with Crippen molar-refractivity contribution < 1.29 is 14.2 Å². The first-order valence-electron chi connectivity index (χ1n) is 11.2. The van der Waals surface area contributed by atoms with Crippen LogP contribution in [0.15, 0.2) is 24.7 Å². The Balaban J connectivity index is 1.42. The number of hydrogen-bond donors (Lipinski definition) is 2. The van der Waals surface area contributed by atoms with Gasteiger partial charge in [-0.3, -0.25) is 0 Å². The normalized spacial score (nSPS) is 26.0. The van der Waals surface area contributed by atoms with Crippen molar-refractivity contribution in [3.63, 3.8) is 0 Å². The number of halogens is 2. The fourth-order valence-electron chi connectivity index (χ4n) is 4.25. The van der Waals surface area contributed by atoms with Gasteiger partial charge in [-0.2, -0.15) is 0 Å². The first kappa shape index (κ1) is 23.1. The number of nitrogens with one attached hydrogen (secondary N) is 1. The summed E-state index contributed by atoms with van der Waals surface area (Å²) in [6, 6.07) is 2.01. The quantitative estimate of drug-likeness (QED) is 0.623. The second-order valence-corrected chi connectivity index (χ2v) is 9.84. The summed E-state index contributed by atoms with van der Waals surface area (Å²) in [7, 11) is 2.00. The molecule has 0 radical (unpaired) electrons. The minimum Gasteiger partial charge on any atom is -0.473 e. The third-order valence-electron chi connectivity index (χ3n) is 6.56. The van der Waals surface area contributed by atoms with Crippen LogP contribution in [0.3, 0.4) is 0 Å². The van der Waals surface area contributed by atoms with Gasteiger partial charge in [0.25, 0.3) is 0 Å². The zero-order valence-electron chi connectivity index (χ0n) is 18.7. The zero-order chi connectivity index (χ0) is 22.8. The molecule has 9 heteroatoms. The smallest absolute Gasteiger partial charge is 0.232 e. The molecule has 2 aliphatic rings. The summed E-state index contributed by atoms with van der Waals surface area (Å²) in [6.07, 6.45) is 8.93. The standard InChI is InChI=1S/C23H31ClFN5O2/c1-22(31)5-3-16(4-6-22)29-18-11-20(24)27-12-17(18)19-13-28-21(14-26-19)32-15-23(25)7-9-30(2)10-8-23/h11-14,16,31H,3-10,15H2,1-2H3,(H,27,29). The third kappa shape index (κ3) is 5.85. The fourth-order valence-corrected chi connectivity index (χ4v) is 4.41. The van der Waals surface area contributed by atoms with Crippen molar-refractivity contribution in [3.8, 4) is 17.1 Å². The molecule has 4 rings (SSSR count). The Morgan fingerprint density at radius 1 is 1.16 bits per heavy atom. The minimum absolute atomic E-state index is 0.0182. The summed E-state index contributed by atoms with van der Waals surface area (Å²) in [5.74, 6) is 0.302. The molecule has 0 bridgehead atoms. The molecule has 0 spiro atoms. The second kappa shape index (κ2) is 9.45. The molecule has 1 aliphatic heterocycles. The van der Waals surface area contributed by atoms with Crippen LogP contribution >= 0.6 is 11.6 Å². The molecule has 0 aromatic carbocycles. The molecule has 3 heterocycles. The summed E-state index contributed by atoms with van der Waals surface area (Å²) in [4.78, 5) is 15.1. The lowest BCUT2D eigenvalue weighted by atomic mass is 9.83. The molecule has 1 saturated carbocycles. The van der Waals surface area contributed by atoms with E-state index in [1.54, 1.807) is 18.5 Å². The molecule has 1 saturated heterocycles. The Morgan fingerprint density at radius 3 is 2.53 bits per heavy atom. The lowest BCUT2D eigenvalue weighted by molar-refractivity contribution is 0.0196. The maximum Gasteiger partial charge on any atom is 0.232 e. The molecule has 0 amide bonds. The molecule has 2 aromatic heterocycles. The van der Waals surface area contributed by atoms with E-state index in [0.29, 0.717) is 29.6 Å². The summed E-state index contributed by atoms with van der Waals surface area (Å²) in [6.45, 7) is 3.31. The van der Waals surface area contributed by atoms with Crippen LogP contribution in [0.4, 0.5) is 10.1 Å². The Hall–Kier alpha value is -2.03. The van der Waals surface area contributed by atoms with Gasteiger partial charge in [-0.25, -0.2) is 19.3 Å². The predicted octanol–water partition coefficient (Wildman–Crippen LogP) is 4.11. The zero-order valence-corrected chi connectivity index (χ0v) is 19.4. The van der Waals surface area contributed by atoms with Gasteiger partial charge in [0.05, 0.1) is 23.7 Å². The van der Waals surface area contributed by atoms with E-state index in [4.69, 9.17) is 16.3 Å². The number of ether oxygens (including phenoxy) is 1. The molecule has 0 unspecified atom stereocenters. The van der Waals surface area contributed by atoms with Crippen LogP contribution in [0.2, 0.25) is 5.15 Å². The highest BCUT2D eigenvalue weighted by molar-refractivity contribution is 6.29. The molecule has 174 valence electrons. The largest absolute Gasteiger partial charge is 0.473 e. The van der Waals surface area contributed by atoms with E-state index in [1.165, 1.54) is 6.20 Å². The topological polar surface area (TPSA) is 83.4 Å². The van der Waals surface area contributed by atoms with E-state index >= 15 is 0 Å². The SMILES string of the molecule is CN1CCC(F)(COc2cnc(-c3cnc(Cl)cc3NC3CCC(C)(O)CC3)cn2)CC1. The van der Waals surface area contributed by atoms with Crippen molar-refractivity contribution in [1.82, 2.24) is 19.9 Å². The Bertz CT molecular complexity index is 909. The summed E-state index contributed by atoms with van der Waals surface area (Å²) in [5.41, 5.74) is 0.316. The monoisotopic (exact) mass is 463 g/mol. The van der Waals surface area contributed by atoms with Gasteiger partial charge in [0, 0.05) is 36.6 Å². The molecule has 2 fully saturated rings. The van der Waals surface area contributed by atoms with Crippen LogP contribution in [-0.2, 0) is 0 Å². The maximum atomic E-state index is 14.9. The summed E-state index contributed by atoms with van der Waals surface area (Å²) >= 11 is 6.14. The van der Waals surface area contributed by atoms with Gasteiger partial charge in [-0.15, -0.1) is 0 Å². The highest BCUT2D eigenvalue weighted by atomic mass is 35.5. The minimum atomic E-state index is -1.32. The number of hydrogen-bond acceptors (Lipinski definition) is 7. The van der Waals surface area contributed by atoms with E-state index in [2.05, 4.69) is 25.2 Å². The Kier molecular flexibility index (Phi) is 6.83. The first-order valence-corrected chi connectivity index (χ1v) is 11.6. The van der Waals surface area contributed by atoms with Crippen LogP contribution < -0.4 is 10.1 Å². The van der Waals surface area contributed by atoms with Gasteiger partial charge in [0.2, 0.25) is 5.88 Å². The molecule has 0 atom stereocenters. The Morgan fingerprint density at radius 2 is 1.88 bits per heavy atom. The van der Waals surface area contributed by atoms with Crippen molar-refractivity contribution in [2.24, 2.45) is 0 Å². The molecule has 32 heavy (non-hydrogen) atoms. The van der Waals surface area contributed by atoms with Gasteiger partial charge < -0.3 is 20.1 Å². The average molecular weight is 464 g/mol. The maximum absolute atomic E-state index is 14.9.